The fourth-order valence-electron chi connectivity index (χ4n) is 1.72. The third-order valence-corrected chi connectivity index (χ3v) is 3.13. The predicted octanol–water partition coefficient (Wildman–Crippen LogP) is 2.12. The lowest BCUT2D eigenvalue weighted by Crippen LogP contribution is -2.62. The number of hydrogen-bond donors (Lipinski definition) is 2. The zero-order valence-electron chi connectivity index (χ0n) is 8.24. The van der Waals surface area contributed by atoms with Crippen LogP contribution in [0.2, 0.25) is 5.02 Å². The summed E-state index contributed by atoms with van der Waals surface area (Å²) in [6.45, 7) is 0.877. The molecular formula is C10H10ClF3N2. The molecule has 1 aliphatic heterocycles. The van der Waals surface area contributed by atoms with Crippen LogP contribution in [0.5, 0.6) is 0 Å². The Balaban J connectivity index is 2.49. The molecule has 1 saturated heterocycles. The maximum Gasteiger partial charge on any atom is 0.417 e. The molecule has 88 valence electrons. The zero-order valence-corrected chi connectivity index (χ0v) is 8.99. The first-order valence-electron chi connectivity index (χ1n) is 4.70. The van der Waals surface area contributed by atoms with Crippen LogP contribution >= 0.6 is 11.6 Å². The molecule has 2 rings (SSSR count). The molecule has 1 heterocycles. The maximum absolute atomic E-state index is 12.6. The summed E-state index contributed by atoms with van der Waals surface area (Å²) >= 11 is 5.76. The lowest BCUT2D eigenvalue weighted by Gasteiger charge is -2.40. The van der Waals surface area contributed by atoms with Gasteiger partial charge in [-0.05, 0) is 11.6 Å². The largest absolute Gasteiger partial charge is 0.417 e. The topological polar surface area (TPSA) is 38.0 Å². The Bertz CT molecular complexity index is 413. The van der Waals surface area contributed by atoms with E-state index in [1.807, 2.05) is 0 Å². The molecule has 1 aliphatic rings. The van der Waals surface area contributed by atoms with Gasteiger partial charge in [0.15, 0.2) is 0 Å². The maximum atomic E-state index is 12.6. The number of alkyl halides is 3. The van der Waals surface area contributed by atoms with Crippen molar-refractivity contribution in [3.8, 4) is 0 Å². The average Bonchev–Trinajstić information content (AvgIpc) is 2.13. The molecule has 0 saturated carbocycles. The van der Waals surface area contributed by atoms with Crippen LogP contribution in [0.1, 0.15) is 11.1 Å². The van der Waals surface area contributed by atoms with Crippen molar-refractivity contribution in [2.45, 2.75) is 11.7 Å². The van der Waals surface area contributed by atoms with E-state index in [2.05, 4.69) is 5.32 Å². The van der Waals surface area contributed by atoms with Crippen molar-refractivity contribution in [3.63, 3.8) is 0 Å². The zero-order chi connectivity index (χ0) is 12.0. The number of halogens is 4. The van der Waals surface area contributed by atoms with E-state index in [0.29, 0.717) is 18.7 Å². The predicted molar refractivity (Wildman–Crippen MR) is 55.2 cm³/mol. The van der Waals surface area contributed by atoms with E-state index in [-0.39, 0.29) is 5.02 Å². The molecule has 0 atom stereocenters. The fourth-order valence-corrected chi connectivity index (χ4v) is 2.14. The molecule has 0 aromatic heterocycles. The molecular weight excluding hydrogens is 241 g/mol. The van der Waals surface area contributed by atoms with Gasteiger partial charge in [-0.3, -0.25) is 0 Å². The van der Waals surface area contributed by atoms with Crippen LogP contribution in [0.25, 0.3) is 0 Å². The molecule has 0 unspecified atom stereocenters. The van der Waals surface area contributed by atoms with E-state index in [0.717, 1.165) is 6.07 Å². The van der Waals surface area contributed by atoms with Gasteiger partial charge in [0, 0.05) is 13.1 Å². The Morgan fingerprint density at radius 1 is 1.31 bits per heavy atom. The molecule has 0 amide bonds. The van der Waals surface area contributed by atoms with Gasteiger partial charge in [-0.1, -0.05) is 23.7 Å². The van der Waals surface area contributed by atoms with Crippen molar-refractivity contribution in [1.29, 1.82) is 0 Å². The van der Waals surface area contributed by atoms with E-state index in [4.69, 9.17) is 17.3 Å². The highest BCUT2D eigenvalue weighted by atomic mass is 35.5. The van der Waals surface area contributed by atoms with E-state index in [1.165, 1.54) is 6.07 Å². The van der Waals surface area contributed by atoms with Gasteiger partial charge in [-0.2, -0.15) is 13.2 Å². The van der Waals surface area contributed by atoms with Crippen molar-refractivity contribution in [2.75, 3.05) is 13.1 Å². The summed E-state index contributed by atoms with van der Waals surface area (Å²) in [5, 5.41) is 2.63. The molecule has 1 fully saturated rings. The van der Waals surface area contributed by atoms with Gasteiger partial charge in [-0.25, -0.2) is 0 Å². The van der Waals surface area contributed by atoms with Crippen molar-refractivity contribution < 1.29 is 13.2 Å². The molecule has 3 N–H and O–H groups in total. The molecule has 0 bridgehead atoms. The van der Waals surface area contributed by atoms with E-state index in [1.54, 1.807) is 6.07 Å². The fraction of sp³-hybridized carbons (Fsp3) is 0.400. The SMILES string of the molecule is NC1(c2cccc(C(F)(F)F)c2Cl)CNC1. The summed E-state index contributed by atoms with van der Waals surface area (Å²) in [7, 11) is 0. The Morgan fingerprint density at radius 3 is 2.38 bits per heavy atom. The summed E-state index contributed by atoms with van der Waals surface area (Å²) in [6.07, 6.45) is -4.44. The van der Waals surface area contributed by atoms with E-state index < -0.39 is 17.3 Å². The lowest BCUT2D eigenvalue weighted by molar-refractivity contribution is -0.137. The Morgan fingerprint density at radius 2 is 1.94 bits per heavy atom. The van der Waals surface area contributed by atoms with Gasteiger partial charge >= 0.3 is 6.18 Å². The monoisotopic (exact) mass is 250 g/mol. The third-order valence-electron chi connectivity index (χ3n) is 2.72. The Hall–Kier alpha value is -0.780. The summed E-state index contributed by atoms with van der Waals surface area (Å²) in [5.41, 5.74) is 4.66. The molecule has 16 heavy (non-hydrogen) atoms. The van der Waals surface area contributed by atoms with Crippen molar-refractivity contribution in [1.82, 2.24) is 5.32 Å². The highest BCUT2D eigenvalue weighted by Gasteiger charge is 2.40. The van der Waals surface area contributed by atoms with Gasteiger partial charge < -0.3 is 11.1 Å². The minimum atomic E-state index is -4.44. The second kappa shape index (κ2) is 3.61. The number of nitrogens with two attached hydrogens (primary N) is 1. The summed E-state index contributed by atoms with van der Waals surface area (Å²) in [6, 6.07) is 3.83. The van der Waals surface area contributed by atoms with Crippen LogP contribution in [-0.2, 0) is 11.7 Å². The Labute approximate surface area is 95.6 Å². The van der Waals surface area contributed by atoms with Gasteiger partial charge in [-0.15, -0.1) is 0 Å². The molecule has 0 radical (unpaired) electrons. The highest BCUT2D eigenvalue weighted by molar-refractivity contribution is 6.32. The molecule has 1 aromatic rings. The van der Waals surface area contributed by atoms with Crippen LogP contribution in [0.3, 0.4) is 0 Å². The van der Waals surface area contributed by atoms with Gasteiger partial charge in [0.1, 0.15) is 0 Å². The quantitative estimate of drug-likeness (QED) is 0.801. The van der Waals surface area contributed by atoms with Gasteiger partial charge in [0.05, 0.1) is 16.1 Å². The normalized spacial score (nSPS) is 19.3. The minimum Gasteiger partial charge on any atom is -0.319 e. The second-order valence-electron chi connectivity index (χ2n) is 3.92. The first kappa shape index (κ1) is 11.7. The van der Waals surface area contributed by atoms with Crippen LogP contribution in [0.15, 0.2) is 18.2 Å². The van der Waals surface area contributed by atoms with E-state index >= 15 is 0 Å². The second-order valence-corrected chi connectivity index (χ2v) is 4.30. The van der Waals surface area contributed by atoms with Crippen LogP contribution in [0, 0.1) is 0 Å². The number of rotatable bonds is 1. The standard InChI is InChI=1S/C10H10ClF3N2/c11-8-6(9(15)4-16-5-9)2-1-3-7(8)10(12,13)14/h1-3,16H,4-5,15H2. The molecule has 2 nitrogen and oxygen atoms in total. The van der Waals surface area contributed by atoms with Crippen LogP contribution in [-0.4, -0.2) is 13.1 Å². The average molecular weight is 251 g/mol. The summed E-state index contributed by atoms with van der Waals surface area (Å²) < 4.78 is 37.8. The first-order valence-corrected chi connectivity index (χ1v) is 5.08. The Kier molecular flexibility index (Phi) is 2.64. The highest BCUT2D eigenvalue weighted by Crippen LogP contribution is 2.39. The number of hydrogen-bond acceptors (Lipinski definition) is 2. The minimum absolute atomic E-state index is 0.293. The third kappa shape index (κ3) is 1.79. The van der Waals surface area contributed by atoms with Crippen LogP contribution < -0.4 is 11.1 Å². The summed E-state index contributed by atoms with van der Waals surface area (Å²) in [4.78, 5) is 0. The van der Waals surface area contributed by atoms with Gasteiger partial charge in [0.25, 0.3) is 0 Å². The smallest absolute Gasteiger partial charge is 0.319 e. The first-order chi connectivity index (χ1) is 7.34. The molecule has 1 aromatic carbocycles. The van der Waals surface area contributed by atoms with Crippen molar-refractivity contribution in [2.24, 2.45) is 5.73 Å². The van der Waals surface area contributed by atoms with E-state index in [9.17, 15) is 13.2 Å². The van der Waals surface area contributed by atoms with Crippen molar-refractivity contribution in [3.05, 3.63) is 34.3 Å². The molecule has 0 spiro atoms. The summed E-state index contributed by atoms with van der Waals surface area (Å²) in [5.74, 6) is 0. The lowest BCUT2D eigenvalue weighted by atomic mass is 9.84. The number of nitrogens with one attached hydrogen (secondary N) is 1. The molecule has 6 heteroatoms. The van der Waals surface area contributed by atoms with Crippen molar-refractivity contribution >= 4 is 11.6 Å². The van der Waals surface area contributed by atoms with Gasteiger partial charge in [0.2, 0.25) is 0 Å². The molecule has 0 aliphatic carbocycles. The van der Waals surface area contributed by atoms with Crippen LogP contribution in [0.4, 0.5) is 13.2 Å². The number of benzene rings is 1.